The summed E-state index contributed by atoms with van der Waals surface area (Å²) in [4.78, 5) is 21.8. The zero-order valence-corrected chi connectivity index (χ0v) is 12.2. The highest BCUT2D eigenvalue weighted by molar-refractivity contribution is 5.81. The number of hydrogen-bond acceptors (Lipinski definition) is 6. The van der Waals surface area contributed by atoms with Crippen molar-refractivity contribution in [3.63, 3.8) is 0 Å². The molecule has 0 saturated carbocycles. The van der Waals surface area contributed by atoms with Crippen molar-refractivity contribution < 1.29 is 28.5 Å². The molecule has 1 saturated heterocycles. The first-order valence-electron chi connectivity index (χ1n) is 6.65. The molecule has 6 heteroatoms. The molecule has 1 aliphatic rings. The van der Waals surface area contributed by atoms with E-state index in [4.69, 9.17) is 14.2 Å². The van der Waals surface area contributed by atoms with Crippen LogP contribution in [0, 0.1) is 0 Å². The number of methoxy groups -OCH3 is 1. The molecule has 1 fully saturated rings. The minimum atomic E-state index is -0.539. The second kappa shape index (κ2) is 7.89. The quantitative estimate of drug-likeness (QED) is 0.419. The van der Waals surface area contributed by atoms with Crippen LogP contribution in [0.25, 0.3) is 0 Å². The topological polar surface area (TPSA) is 71.1 Å². The highest BCUT2D eigenvalue weighted by Gasteiger charge is 2.39. The molecule has 114 valence electrons. The lowest BCUT2D eigenvalue weighted by atomic mass is 9.89. The lowest BCUT2D eigenvalue weighted by Crippen LogP contribution is -2.47. The van der Waals surface area contributed by atoms with E-state index in [0.717, 1.165) is 12.8 Å². The summed E-state index contributed by atoms with van der Waals surface area (Å²) in [5.74, 6) is -0.782. The van der Waals surface area contributed by atoms with Crippen LogP contribution in [0.2, 0.25) is 0 Å². The van der Waals surface area contributed by atoms with Gasteiger partial charge in [-0.3, -0.25) is 4.79 Å². The van der Waals surface area contributed by atoms with Gasteiger partial charge in [0.2, 0.25) is 0 Å². The molecule has 2 atom stereocenters. The van der Waals surface area contributed by atoms with E-state index in [1.807, 2.05) is 6.92 Å². The van der Waals surface area contributed by atoms with Crippen LogP contribution in [0.4, 0.5) is 0 Å². The minimum Gasteiger partial charge on any atom is -0.492 e. The second-order valence-electron chi connectivity index (χ2n) is 4.85. The van der Waals surface area contributed by atoms with Crippen molar-refractivity contribution in [3.05, 3.63) is 12.3 Å². The van der Waals surface area contributed by atoms with Crippen molar-refractivity contribution in [2.75, 3.05) is 20.3 Å². The molecule has 6 nitrogen and oxygen atoms in total. The van der Waals surface area contributed by atoms with Crippen LogP contribution < -0.4 is 0 Å². The number of rotatable bonds is 6. The molecule has 0 amide bonds. The van der Waals surface area contributed by atoms with E-state index in [2.05, 4.69) is 4.74 Å². The number of ether oxygens (including phenoxy) is 4. The highest BCUT2D eigenvalue weighted by Crippen LogP contribution is 2.31. The molecule has 0 spiro atoms. The molecule has 0 radical (unpaired) electrons. The Bertz CT molecular complexity index is 365. The van der Waals surface area contributed by atoms with E-state index >= 15 is 0 Å². The van der Waals surface area contributed by atoms with Gasteiger partial charge in [0, 0.05) is 20.0 Å². The van der Waals surface area contributed by atoms with Gasteiger partial charge in [0.05, 0.1) is 26.1 Å². The fraction of sp³-hybridized carbons (Fsp3) is 0.714. The zero-order valence-electron chi connectivity index (χ0n) is 12.2. The van der Waals surface area contributed by atoms with Gasteiger partial charge in [-0.05, 0) is 19.8 Å². The molecule has 0 N–H and O–H groups in total. The van der Waals surface area contributed by atoms with Crippen molar-refractivity contribution in [2.24, 2.45) is 0 Å². The SMILES string of the molecule is COC(=O)/C=C/O[C@@]1(C)CCCO[C@@H]1CCOC(C)=O. The van der Waals surface area contributed by atoms with Crippen molar-refractivity contribution in [1.82, 2.24) is 0 Å². The van der Waals surface area contributed by atoms with Crippen molar-refractivity contribution in [3.8, 4) is 0 Å². The monoisotopic (exact) mass is 286 g/mol. The molecule has 0 unspecified atom stereocenters. The Kier molecular flexibility index (Phi) is 6.51. The molecule has 0 aliphatic carbocycles. The van der Waals surface area contributed by atoms with Crippen molar-refractivity contribution in [2.45, 2.75) is 44.8 Å². The number of esters is 2. The van der Waals surface area contributed by atoms with Crippen molar-refractivity contribution in [1.29, 1.82) is 0 Å². The zero-order chi connectivity index (χ0) is 15.0. The predicted molar refractivity (Wildman–Crippen MR) is 70.9 cm³/mol. The summed E-state index contributed by atoms with van der Waals surface area (Å²) in [6, 6.07) is 0. The Labute approximate surface area is 119 Å². The van der Waals surface area contributed by atoms with Gasteiger partial charge in [-0.25, -0.2) is 4.79 Å². The Balaban J connectivity index is 2.54. The van der Waals surface area contributed by atoms with Crippen LogP contribution in [0.15, 0.2) is 12.3 Å². The van der Waals surface area contributed by atoms with Gasteiger partial charge in [-0.15, -0.1) is 0 Å². The maximum Gasteiger partial charge on any atom is 0.333 e. The number of carbonyl (C=O) groups excluding carboxylic acids is 2. The average Bonchev–Trinajstić information content (AvgIpc) is 2.40. The van der Waals surface area contributed by atoms with Crippen molar-refractivity contribution >= 4 is 11.9 Å². The molecule has 20 heavy (non-hydrogen) atoms. The van der Waals surface area contributed by atoms with Gasteiger partial charge in [-0.2, -0.15) is 0 Å². The third kappa shape index (κ3) is 5.21. The van der Waals surface area contributed by atoms with Gasteiger partial charge in [0.1, 0.15) is 11.7 Å². The number of hydrogen-bond donors (Lipinski definition) is 0. The van der Waals surface area contributed by atoms with Crippen LogP contribution >= 0.6 is 0 Å². The lowest BCUT2D eigenvalue weighted by molar-refractivity contribution is -0.155. The first-order chi connectivity index (χ1) is 9.48. The third-order valence-electron chi connectivity index (χ3n) is 3.25. The fourth-order valence-electron chi connectivity index (χ4n) is 2.13. The summed E-state index contributed by atoms with van der Waals surface area (Å²) in [6.45, 7) is 4.24. The van der Waals surface area contributed by atoms with Crippen LogP contribution in [0.1, 0.15) is 33.1 Å². The average molecular weight is 286 g/mol. The maximum absolute atomic E-state index is 11.0. The highest BCUT2D eigenvalue weighted by atomic mass is 16.6. The minimum absolute atomic E-state index is 0.183. The summed E-state index contributed by atoms with van der Waals surface area (Å²) in [5.41, 5.74) is -0.539. The van der Waals surface area contributed by atoms with Gasteiger partial charge in [-0.1, -0.05) is 0 Å². The summed E-state index contributed by atoms with van der Waals surface area (Å²) < 4.78 is 20.8. The van der Waals surface area contributed by atoms with E-state index in [0.29, 0.717) is 19.6 Å². The molecule has 1 rings (SSSR count). The van der Waals surface area contributed by atoms with Crippen LogP contribution in [0.3, 0.4) is 0 Å². The summed E-state index contributed by atoms with van der Waals surface area (Å²) in [7, 11) is 1.31. The molecule has 0 bridgehead atoms. The standard InChI is InChI=1S/C14H22O6/c1-11(15)18-9-5-12-14(2,7-4-8-19-12)20-10-6-13(16)17-3/h6,10,12H,4-5,7-9H2,1-3H3/b10-6+/t12-,14+/m1/s1. The Morgan fingerprint density at radius 3 is 2.85 bits per heavy atom. The van der Waals surface area contributed by atoms with E-state index in [-0.39, 0.29) is 12.1 Å². The molecule has 0 aromatic rings. The first kappa shape index (κ1) is 16.5. The fourth-order valence-corrected chi connectivity index (χ4v) is 2.13. The Morgan fingerprint density at radius 1 is 1.45 bits per heavy atom. The van der Waals surface area contributed by atoms with Crippen LogP contribution in [-0.4, -0.2) is 44.0 Å². The first-order valence-corrected chi connectivity index (χ1v) is 6.65. The Hall–Kier alpha value is -1.56. The summed E-state index contributed by atoms with van der Waals surface area (Å²) in [5, 5.41) is 0. The Morgan fingerprint density at radius 2 is 2.20 bits per heavy atom. The second-order valence-corrected chi connectivity index (χ2v) is 4.85. The molecule has 0 aromatic carbocycles. The lowest BCUT2D eigenvalue weighted by Gasteiger charge is -2.40. The van der Waals surface area contributed by atoms with Gasteiger partial charge in [0.15, 0.2) is 0 Å². The molecule has 1 heterocycles. The smallest absolute Gasteiger partial charge is 0.333 e. The molecule has 0 aromatic heterocycles. The molecular formula is C14H22O6. The van der Waals surface area contributed by atoms with Gasteiger partial charge < -0.3 is 18.9 Å². The largest absolute Gasteiger partial charge is 0.492 e. The van der Waals surface area contributed by atoms with Crippen LogP contribution in [-0.2, 0) is 28.5 Å². The van der Waals surface area contributed by atoms with E-state index < -0.39 is 11.6 Å². The summed E-state index contributed by atoms with van der Waals surface area (Å²) >= 11 is 0. The third-order valence-corrected chi connectivity index (χ3v) is 3.25. The maximum atomic E-state index is 11.0. The van der Waals surface area contributed by atoms with Crippen LogP contribution in [0.5, 0.6) is 0 Å². The predicted octanol–water partition coefficient (Wildman–Crippen LogP) is 1.58. The van der Waals surface area contributed by atoms with E-state index in [9.17, 15) is 9.59 Å². The summed E-state index contributed by atoms with van der Waals surface area (Å²) in [6.07, 6.45) is 4.62. The van der Waals surface area contributed by atoms with E-state index in [1.54, 1.807) is 0 Å². The molecule has 1 aliphatic heterocycles. The van der Waals surface area contributed by atoms with E-state index in [1.165, 1.54) is 26.4 Å². The molecular weight excluding hydrogens is 264 g/mol. The normalized spacial score (nSPS) is 26.2. The van der Waals surface area contributed by atoms with Gasteiger partial charge in [0.25, 0.3) is 0 Å². The van der Waals surface area contributed by atoms with Gasteiger partial charge >= 0.3 is 11.9 Å². The number of carbonyl (C=O) groups is 2.